The second kappa shape index (κ2) is 6.89. The van der Waals surface area contributed by atoms with Gasteiger partial charge in [0, 0.05) is 30.7 Å². The molecule has 0 spiro atoms. The number of rotatable bonds is 2. The number of nitrogens with zero attached hydrogens (tertiary/aromatic N) is 4. The van der Waals surface area contributed by atoms with Gasteiger partial charge in [0.15, 0.2) is 0 Å². The Morgan fingerprint density at radius 2 is 1.47 bits per heavy atom. The van der Waals surface area contributed by atoms with Crippen LogP contribution >= 0.6 is 0 Å². The fourth-order valence-corrected chi connectivity index (χ4v) is 1.24. The number of hydrogen-bond acceptors (Lipinski definition) is 4. The third-order valence-electron chi connectivity index (χ3n) is 2.24. The Balaban J connectivity index is 0.000000171. The quantitative estimate of drug-likeness (QED) is 0.787. The molecule has 0 unspecified atom stereocenters. The van der Waals surface area contributed by atoms with Gasteiger partial charge in [-0.2, -0.15) is 0 Å². The van der Waals surface area contributed by atoms with Crippen LogP contribution in [0.4, 0.5) is 0 Å². The van der Waals surface area contributed by atoms with Gasteiger partial charge >= 0.3 is 0 Å². The van der Waals surface area contributed by atoms with Crippen LogP contribution in [0.1, 0.15) is 39.4 Å². The van der Waals surface area contributed by atoms with Crippen molar-refractivity contribution in [2.45, 2.75) is 39.8 Å². The normalized spacial score (nSPS) is 14.2. The molecule has 0 aromatic carbocycles. The lowest BCUT2D eigenvalue weighted by atomic mass is 10.2. The number of hydrogen-bond donors (Lipinski definition) is 0. The van der Waals surface area contributed by atoms with Crippen LogP contribution in [0.25, 0.3) is 0 Å². The topological polar surface area (TPSA) is 50.5 Å². The minimum atomic E-state index is 0.204. The summed E-state index contributed by atoms with van der Waals surface area (Å²) in [5.41, 5.74) is 0. The average Bonchev–Trinajstić information content (AvgIpc) is 2.84. The molecule has 0 saturated carbocycles. The van der Waals surface area contributed by atoms with Crippen molar-refractivity contribution in [1.29, 1.82) is 0 Å². The van der Waals surface area contributed by atoms with Gasteiger partial charge in [-0.1, -0.05) is 27.7 Å². The highest BCUT2D eigenvalue weighted by molar-refractivity contribution is 6.17. The highest BCUT2D eigenvalue weighted by atomic mass is 15.0. The third-order valence-corrected chi connectivity index (χ3v) is 2.24. The van der Waals surface area contributed by atoms with E-state index in [4.69, 9.17) is 0 Å². The molecule has 1 aliphatic rings. The highest BCUT2D eigenvalue weighted by Crippen LogP contribution is 2.08. The average molecular weight is 232 g/mol. The van der Waals surface area contributed by atoms with Crippen LogP contribution in [0.2, 0.25) is 0 Å². The third kappa shape index (κ3) is 4.85. The highest BCUT2D eigenvalue weighted by Gasteiger charge is 2.09. The fourth-order valence-electron chi connectivity index (χ4n) is 1.24. The Labute approximate surface area is 103 Å². The van der Waals surface area contributed by atoms with E-state index < -0.39 is 0 Å². The lowest BCUT2D eigenvalue weighted by Crippen LogP contribution is -2.05. The largest absolute Gasteiger partial charge is 0.265 e. The van der Waals surface area contributed by atoms with Gasteiger partial charge < -0.3 is 0 Å². The molecular formula is C13H20N4. The molecule has 0 saturated heterocycles. The molecule has 2 heterocycles. The van der Waals surface area contributed by atoms with Crippen molar-refractivity contribution in [3.63, 3.8) is 0 Å². The Morgan fingerprint density at radius 1 is 0.941 bits per heavy atom. The lowest BCUT2D eigenvalue weighted by Gasteiger charge is -2.05. The van der Waals surface area contributed by atoms with E-state index in [1.807, 2.05) is 6.07 Å². The van der Waals surface area contributed by atoms with Crippen LogP contribution in [0.3, 0.4) is 0 Å². The van der Waals surface area contributed by atoms with Crippen LogP contribution in [0, 0.1) is 5.92 Å². The first-order chi connectivity index (χ1) is 8.11. The molecule has 2 rings (SSSR count). The van der Waals surface area contributed by atoms with Crippen molar-refractivity contribution < 1.29 is 0 Å². The van der Waals surface area contributed by atoms with Crippen molar-refractivity contribution in [2.24, 2.45) is 15.9 Å². The number of aromatic nitrogens is 2. The first-order valence-corrected chi connectivity index (χ1v) is 5.93. The SMILES string of the molecule is CC(C)C1N=CC=N1.CC(C)c1ncccn1. The summed E-state index contributed by atoms with van der Waals surface area (Å²) < 4.78 is 0. The zero-order valence-electron chi connectivity index (χ0n) is 10.9. The molecule has 0 aliphatic carbocycles. The van der Waals surface area contributed by atoms with E-state index in [0.717, 1.165) is 5.82 Å². The van der Waals surface area contributed by atoms with Crippen LogP contribution in [-0.2, 0) is 0 Å². The van der Waals surface area contributed by atoms with Crippen LogP contribution in [-0.4, -0.2) is 28.6 Å². The molecule has 1 aliphatic heterocycles. The molecule has 1 aromatic rings. The Bertz CT molecular complexity index is 356. The molecule has 0 bridgehead atoms. The summed E-state index contributed by atoms with van der Waals surface area (Å²) in [4.78, 5) is 16.3. The second-order valence-electron chi connectivity index (χ2n) is 4.52. The molecule has 0 atom stereocenters. The van der Waals surface area contributed by atoms with Crippen molar-refractivity contribution >= 4 is 12.4 Å². The van der Waals surface area contributed by atoms with Gasteiger partial charge in [0.05, 0.1) is 0 Å². The van der Waals surface area contributed by atoms with E-state index in [1.165, 1.54) is 0 Å². The molecule has 0 amide bonds. The Kier molecular flexibility index (Phi) is 5.46. The van der Waals surface area contributed by atoms with E-state index >= 15 is 0 Å². The van der Waals surface area contributed by atoms with Gasteiger partial charge in [-0.3, -0.25) is 9.98 Å². The zero-order chi connectivity index (χ0) is 12.7. The monoisotopic (exact) mass is 232 g/mol. The standard InChI is InChI=1S/C7H10N2.C6H10N2/c1-6(2)7-8-4-3-5-9-7;1-5(2)6-7-3-4-8-6/h3-6H,1-2H3;3-6H,1-2H3. The smallest absolute Gasteiger partial charge is 0.141 e. The summed E-state index contributed by atoms with van der Waals surface area (Å²) in [7, 11) is 0. The minimum absolute atomic E-state index is 0.204. The summed E-state index contributed by atoms with van der Waals surface area (Å²) in [6.45, 7) is 8.39. The summed E-state index contributed by atoms with van der Waals surface area (Å²) >= 11 is 0. The van der Waals surface area contributed by atoms with Gasteiger partial charge in [-0.25, -0.2) is 9.97 Å². The molecule has 0 fully saturated rings. The van der Waals surface area contributed by atoms with E-state index in [1.54, 1.807) is 24.8 Å². The zero-order valence-corrected chi connectivity index (χ0v) is 10.9. The maximum Gasteiger partial charge on any atom is 0.141 e. The van der Waals surface area contributed by atoms with Crippen molar-refractivity contribution in [1.82, 2.24) is 9.97 Å². The Morgan fingerprint density at radius 3 is 1.76 bits per heavy atom. The van der Waals surface area contributed by atoms with Crippen LogP contribution in [0.15, 0.2) is 28.4 Å². The van der Waals surface area contributed by atoms with E-state index in [0.29, 0.717) is 11.8 Å². The van der Waals surface area contributed by atoms with Gasteiger partial charge in [0.2, 0.25) is 0 Å². The second-order valence-corrected chi connectivity index (χ2v) is 4.52. The van der Waals surface area contributed by atoms with Crippen molar-refractivity contribution in [3.05, 3.63) is 24.3 Å². The molecule has 4 heteroatoms. The summed E-state index contributed by atoms with van der Waals surface area (Å²) in [5.74, 6) is 1.90. The van der Waals surface area contributed by atoms with Crippen molar-refractivity contribution in [3.8, 4) is 0 Å². The predicted octanol–water partition coefficient (Wildman–Crippen LogP) is 2.72. The van der Waals surface area contributed by atoms with E-state index in [2.05, 4.69) is 47.6 Å². The molecule has 0 radical (unpaired) electrons. The predicted molar refractivity (Wildman–Crippen MR) is 71.7 cm³/mol. The minimum Gasteiger partial charge on any atom is -0.265 e. The van der Waals surface area contributed by atoms with E-state index in [-0.39, 0.29) is 6.17 Å². The van der Waals surface area contributed by atoms with Gasteiger partial charge in [-0.05, 0) is 12.0 Å². The summed E-state index contributed by atoms with van der Waals surface area (Å²) in [6.07, 6.45) is 7.25. The fraction of sp³-hybridized carbons (Fsp3) is 0.538. The first-order valence-electron chi connectivity index (χ1n) is 5.93. The molecule has 0 N–H and O–H groups in total. The number of aliphatic imine (C=N–C) groups is 2. The molecule has 92 valence electrons. The lowest BCUT2D eigenvalue weighted by molar-refractivity contribution is 0.522. The summed E-state index contributed by atoms with van der Waals surface area (Å²) in [6, 6.07) is 1.83. The van der Waals surface area contributed by atoms with Gasteiger partial charge in [0.1, 0.15) is 12.0 Å². The first kappa shape index (κ1) is 13.5. The summed E-state index contributed by atoms with van der Waals surface area (Å²) in [5, 5.41) is 0. The van der Waals surface area contributed by atoms with Crippen molar-refractivity contribution in [2.75, 3.05) is 0 Å². The molecule has 4 nitrogen and oxygen atoms in total. The van der Waals surface area contributed by atoms with Gasteiger partial charge in [-0.15, -0.1) is 0 Å². The van der Waals surface area contributed by atoms with E-state index in [9.17, 15) is 0 Å². The maximum absolute atomic E-state index is 4.09. The Hall–Kier alpha value is -1.58. The van der Waals surface area contributed by atoms with Crippen LogP contribution < -0.4 is 0 Å². The molecule has 17 heavy (non-hydrogen) atoms. The van der Waals surface area contributed by atoms with Crippen LogP contribution in [0.5, 0.6) is 0 Å². The van der Waals surface area contributed by atoms with Gasteiger partial charge in [0.25, 0.3) is 0 Å². The molecule has 1 aromatic heterocycles. The maximum atomic E-state index is 4.09. The molecular weight excluding hydrogens is 212 g/mol.